The van der Waals surface area contributed by atoms with Gasteiger partial charge in [-0.25, -0.2) is 0 Å². The predicted molar refractivity (Wildman–Crippen MR) is 70.2 cm³/mol. The van der Waals surface area contributed by atoms with E-state index in [9.17, 15) is 0 Å². The summed E-state index contributed by atoms with van der Waals surface area (Å²) in [7, 11) is 2.01. The molecule has 0 bridgehead atoms. The lowest BCUT2D eigenvalue weighted by atomic mass is 10.1. The van der Waals surface area contributed by atoms with Crippen molar-refractivity contribution in [2.45, 2.75) is 39.7 Å². The summed E-state index contributed by atoms with van der Waals surface area (Å²) in [4.78, 5) is 0. The molecule has 1 aromatic rings. The van der Waals surface area contributed by atoms with E-state index in [2.05, 4.69) is 30.3 Å². The van der Waals surface area contributed by atoms with Gasteiger partial charge in [0.2, 0.25) is 0 Å². The molecule has 0 spiro atoms. The zero-order chi connectivity index (χ0) is 12.7. The Hall–Kier alpha value is -0.870. The average molecular weight is 239 g/mol. The Labute approximate surface area is 104 Å². The highest BCUT2D eigenvalue weighted by Gasteiger charge is 2.12. The van der Waals surface area contributed by atoms with E-state index in [1.54, 1.807) is 0 Å². The molecule has 0 saturated heterocycles. The average Bonchev–Trinajstić information content (AvgIpc) is 2.67. The first kappa shape index (κ1) is 14.2. The van der Waals surface area contributed by atoms with Gasteiger partial charge in [-0.1, -0.05) is 13.8 Å². The van der Waals surface area contributed by atoms with Crippen molar-refractivity contribution in [3.8, 4) is 0 Å². The summed E-state index contributed by atoms with van der Waals surface area (Å²) in [6, 6.07) is 2.57. The van der Waals surface area contributed by atoms with Crippen molar-refractivity contribution in [2.75, 3.05) is 19.8 Å². The van der Waals surface area contributed by atoms with Gasteiger partial charge in [0.05, 0.1) is 12.3 Å². The Bertz CT molecular complexity index is 322. The number of nitrogens with zero attached hydrogens (tertiary/aromatic N) is 2. The second kappa shape index (κ2) is 7.45. The third-order valence-electron chi connectivity index (χ3n) is 2.86. The van der Waals surface area contributed by atoms with Crippen molar-refractivity contribution < 1.29 is 4.74 Å². The molecule has 0 saturated carbocycles. The van der Waals surface area contributed by atoms with E-state index in [-0.39, 0.29) is 0 Å². The van der Waals surface area contributed by atoms with E-state index in [0.717, 1.165) is 38.3 Å². The molecule has 1 atom stereocenters. The van der Waals surface area contributed by atoms with Gasteiger partial charge < -0.3 is 10.1 Å². The highest BCUT2D eigenvalue weighted by Crippen LogP contribution is 2.07. The summed E-state index contributed by atoms with van der Waals surface area (Å²) < 4.78 is 7.48. The van der Waals surface area contributed by atoms with Crippen LogP contribution < -0.4 is 5.32 Å². The lowest BCUT2D eigenvalue weighted by molar-refractivity contribution is 0.122. The monoisotopic (exact) mass is 239 g/mol. The molecular formula is C13H25N3O. The maximum Gasteiger partial charge on any atom is 0.0624 e. The van der Waals surface area contributed by atoms with E-state index in [4.69, 9.17) is 4.74 Å². The van der Waals surface area contributed by atoms with Gasteiger partial charge in [-0.15, -0.1) is 0 Å². The zero-order valence-electron chi connectivity index (χ0n) is 11.5. The predicted octanol–water partition coefficient (Wildman–Crippen LogP) is 1.54. The van der Waals surface area contributed by atoms with Crippen LogP contribution in [0.5, 0.6) is 0 Å². The quantitative estimate of drug-likeness (QED) is 0.748. The van der Waals surface area contributed by atoms with Crippen molar-refractivity contribution in [3.05, 3.63) is 17.5 Å². The fourth-order valence-corrected chi connectivity index (χ4v) is 1.93. The molecule has 1 N–H and O–H groups in total. The summed E-state index contributed by atoms with van der Waals surface area (Å²) in [5, 5.41) is 7.92. The van der Waals surface area contributed by atoms with Crippen molar-refractivity contribution >= 4 is 0 Å². The molecule has 0 amide bonds. The van der Waals surface area contributed by atoms with E-state index in [0.29, 0.717) is 6.04 Å². The third kappa shape index (κ3) is 4.48. The number of likely N-dealkylation sites (N-methyl/N-ethyl adjacent to an activating group) is 1. The molecule has 4 heteroatoms. The van der Waals surface area contributed by atoms with Crippen LogP contribution in [0.1, 0.15) is 32.2 Å². The molecule has 98 valence electrons. The van der Waals surface area contributed by atoms with Gasteiger partial charge in [0.15, 0.2) is 0 Å². The summed E-state index contributed by atoms with van der Waals surface area (Å²) in [6.45, 7) is 8.79. The molecule has 1 heterocycles. The van der Waals surface area contributed by atoms with Crippen LogP contribution in [0.2, 0.25) is 0 Å². The van der Waals surface area contributed by atoms with Crippen LogP contribution in [-0.2, 0) is 24.6 Å². The van der Waals surface area contributed by atoms with Crippen LogP contribution in [0, 0.1) is 0 Å². The number of hydrogen-bond donors (Lipinski definition) is 1. The van der Waals surface area contributed by atoms with Gasteiger partial charge in [0.25, 0.3) is 0 Å². The van der Waals surface area contributed by atoms with Crippen LogP contribution in [0.25, 0.3) is 0 Å². The molecule has 1 aromatic heterocycles. The molecule has 1 unspecified atom stereocenters. The summed E-state index contributed by atoms with van der Waals surface area (Å²) in [5.41, 5.74) is 2.43. The SMILES string of the molecule is CCNC(COCC)Cc1cc(CC)nn1C. The molecule has 0 aliphatic heterocycles. The fourth-order valence-electron chi connectivity index (χ4n) is 1.93. The molecule has 0 aliphatic carbocycles. The highest BCUT2D eigenvalue weighted by atomic mass is 16.5. The topological polar surface area (TPSA) is 39.1 Å². The standard InChI is InChI=1S/C13H25N3O/c1-5-11-8-13(16(4)15-11)9-12(14-6-2)10-17-7-3/h8,12,14H,5-7,9-10H2,1-4H3. The number of hydrogen-bond acceptors (Lipinski definition) is 3. The van der Waals surface area contributed by atoms with E-state index in [1.165, 1.54) is 5.69 Å². The molecule has 4 nitrogen and oxygen atoms in total. The number of nitrogens with one attached hydrogen (secondary N) is 1. The Morgan fingerprint density at radius 1 is 1.41 bits per heavy atom. The van der Waals surface area contributed by atoms with Crippen molar-refractivity contribution in [1.82, 2.24) is 15.1 Å². The summed E-state index contributed by atoms with van der Waals surface area (Å²) in [5.74, 6) is 0. The molecule has 0 aliphatic rings. The van der Waals surface area contributed by atoms with Crippen LogP contribution in [0.15, 0.2) is 6.07 Å². The maximum atomic E-state index is 5.50. The Morgan fingerprint density at radius 3 is 2.71 bits per heavy atom. The Kier molecular flexibility index (Phi) is 6.22. The van der Waals surface area contributed by atoms with Crippen LogP contribution >= 0.6 is 0 Å². The maximum absolute atomic E-state index is 5.50. The highest BCUT2D eigenvalue weighted by molar-refractivity contribution is 5.11. The normalized spacial score (nSPS) is 12.9. The lowest BCUT2D eigenvalue weighted by Crippen LogP contribution is -2.35. The van der Waals surface area contributed by atoms with E-state index >= 15 is 0 Å². The van der Waals surface area contributed by atoms with Gasteiger partial charge >= 0.3 is 0 Å². The molecule has 0 fully saturated rings. The number of aromatic nitrogens is 2. The van der Waals surface area contributed by atoms with Gasteiger partial charge in [-0.3, -0.25) is 4.68 Å². The summed E-state index contributed by atoms with van der Waals surface area (Å²) in [6.07, 6.45) is 1.96. The van der Waals surface area contributed by atoms with Crippen molar-refractivity contribution in [1.29, 1.82) is 0 Å². The molecule has 0 radical (unpaired) electrons. The molecule has 0 aromatic carbocycles. The first-order valence-electron chi connectivity index (χ1n) is 6.54. The van der Waals surface area contributed by atoms with Crippen molar-refractivity contribution in [2.24, 2.45) is 7.05 Å². The van der Waals surface area contributed by atoms with Gasteiger partial charge in [0, 0.05) is 31.8 Å². The van der Waals surface area contributed by atoms with Gasteiger partial charge in [-0.05, 0) is 26.0 Å². The zero-order valence-corrected chi connectivity index (χ0v) is 11.5. The Morgan fingerprint density at radius 2 is 2.18 bits per heavy atom. The summed E-state index contributed by atoms with van der Waals surface area (Å²) >= 11 is 0. The lowest BCUT2D eigenvalue weighted by Gasteiger charge is -2.17. The number of rotatable bonds is 8. The van der Waals surface area contributed by atoms with Gasteiger partial charge in [-0.2, -0.15) is 5.10 Å². The number of aryl methyl sites for hydroxylation is 2. The van der Waals surface area contributed by atoms with Crippen LogP contribution in [-0.4, -0.2) is 35.6 Å². The minimum atomic E-state index is 0.375. The molecule has 1 rings (SSSR count). The number of ether oxygens (including phenoxy) is 1. The van der Waals surface area contributed by atoms with Crippen LogP contribution in [0.4, 0.5) is 0 Å². The molecular weight excluding hydrogens is 214 g/mol. The minimum absolute atomic E-state index is 0.375. The van der Waals surface area contributed by atoms with Crippen LogP contribution in [0.3, 0.4) is 0 Å². The Balaban J connectivity index is 2.60. The first-order valence-corrected chi connectivity index (χ1v) is 6.54. The minimum Gasteiger partial charge on any atom is -0.380 e. The largest absolute Gasteiger partial charge is 0.380 e. The third-order valence-corrected chi connectivity index (χ3v) is 2.86. The van der Waals surface area contributed by atoms with Crippen molar-refractivity contribution in [3.63, 3.8) is 0 Å². The molecule has 17 heavy (non-hydrogen) atoms. The second-order valence-corrected chi connectivity index (χ2v) is 4.22. The van der Waals surface area contributed by atoms with E-state index in [1.807, 2.05) is 18.7 Å². The first-order chi connectivity index (χ1) is 8.21. The van der Waals surface area contributed by atoms with Gasteiger partial charge in [0.1, 0.15) is 0 Å². The fraction of sp³-hybridized carbons (Fsp3) is 0.769. The smallest absolute Gasteiger partial charge is 0.0624 e. The second-order valence-electron chi connectivity index (χ2n) is 4.22. The van der Waals surface area contributed by atoms with E-state index < -0.39 is 0 Å².